The van der Waals surface area contributed by atoms with Crippen LogP contribution in [0.25, 0.3) is 0 Å². The average Bonchev–Trinajstić information content (AvgIpc) is 2.60. The molecule has 1 saturated heterocycles. The van der Waals surface area contributed by atoms with Crippen molar-refractivity contribution in [2.45, 2.75) is 19.4 Å². The van der Waals surface area contributed by atoms with Crippen molar-refractivity contribution >= 4 is 5.82 Å². The van der Waals surface area contributed by atoms with Gasteiger partial charge in [-0.05, 0) is 38.1 Å². The SMILES string of the molecule is Cc1cccc(NCCCN2CCN(C)CC2c2ccccc2)n1. The van der Waals surface area contributed by atoms with Crippen molar-refractivity contribution in [3.05, 3.63) is 59.8 Å². The minimum absolute atomic E-state index is 0.502. The maximum Gasteiger partial charge on any atom is 0.126 e. The second kappa shape index (κ2) is 8.27. The van der Waals surface area contributed by atoms with Gasteiger partial charge in [0.1, 0.15) is 5.82 Å². The van der Waals surface area contributed by atoms with Crippen molar-refractivity contribution in [1.82, 2.24) is 14.8 Å². The van der Waals surface area contributed by atoms with E-state index in [1.807, 2.05) is 19.1 Å². The van der Waals surface area contributed by atoms with Crippen LogP contribution in [0.5, 0.6) is 0 Å². The summed E-state index contributed by atoms with van der Waals surface area (Å²) in [6, 6.07) is 17.5. The summed E-state index contributed by atoms with van der Waals surface area (Å²) in [4.78, 5) is 9.56. The maximum absolute atomic E-state index is 4.50. The van der Waals surface area contributed by atoms with E-state index in [1.54, 1.807) is 0 Å². The Morgan fingerprint density at radius 2 is 1.92 bits per heavy atom. The Labute approximate surface area is 145 Å². The summed E-state index contributed by atoms with van der Waals surface area (Å²) in [6.45, 7) is 7.50. The van der Waals surface area contributed by atoms with E-state index in [0.717, 1.165) is 50.7 Å². The maximum atomic E-state index is 4.50. The second-order valence-electron chi connectivity index (χ2n) is 6.67. The van der Waals surface area contributed by atoms with Crippen LogP contribution in [-0.2, 0) is 0 Å². The lowest BCUT2D eigenvalue weighted by Crippen LogP contribution is -2.47. The highest BCUT2D eigenvalue weighted by Gasteiger charge is 2.25. The fraction of sp³-hybridized carbons (Fsp3) is 0.450. The van der Waals surface area contributed by atoms with E-state index in [1.165, 1.54) is 5.56 Å². The van der Waals surface area contributed by atoms with Crippen molar-refractivity contribution in [2.24, 2.45) is 0 Å². The molecule has 0 saturated carbocycles. The van der Waals surface area contributed by atoms with Crippen molar-refractivity contribution in [2.75, 3.05) is 45.1 Å². The van der Waals surface area contributed by atoms with E-state index < -0.39 is 0 Å². The van der Waals surface area contributed by atoms with Gasteiger partial charge in [0.2, 0.25) is 0 Å². The van der Waals surface area contributed by atoms with E-state index in [9.17, 15) is 0 Å². The summed E-state index contributed by atoms with van der Waals surface area (Å²) in [5.41, 5.74) is 2.49. The van der Waals surface area contributed by atoms with E-state index >= 15 is 0 Å². The molecule has 1 fully saturated rings. The number of benzene rings is 1. The molecule has 24 heavy (non-hydrogen) atoms. The summed E-state index contributed by atoms with van der Waals surface area (Å²) < 4.78 is 0. The van der Waals surface area contributed by atoms with Crippen LogP contribution in [0.3, 0.4) is 0 Å². The van der Waals surface area contributed by atoms with Crippen LogP contribution in [0.4, 0.5) is 5.82 Å². The summed E-state index contributed by atoms with van der Waals surface area (Å²) >= 11 is 0. The van der Waals surface area contributed by atoms with Gasteiger partial charge in [-0.15, -0.1) is 0 Å². The number of likely N-dealkylation sites (N-methyl/N-ethyl adjacent to an activating group) is 1. The summed E-state index contributed by atoms with van der Waals surface area (Å²) in [6.07, 6.45) is 1.13. The van der Waals surface area contributed by atoms with Gasteiger partial charge in [0.25, 0.3) is 0 Å². The van der Waals surface area contributed by atoms with E-state index in [-0.39, 0.29) is 0 Å². The Bertz CT molecular complexity index is 629. The first-order chi connectivity index (χ1) is 11.7. The monoisotopic (exact) mass is 324 g/mol. The predicted molar refractivity (Wildman–Crippen MR) is 100 cm³/mol. The molecular weight excluding hydrogens is 296 g/mol. The molecule has 1 aliphatic rings. The minimum atomic E-state index is 0.502. The molecule has 1 N–H and O–H groups in total. The Hall–Kier alpha value is -1.91. The molecule has 0 spiro atoms. The molecular formula is C20H28N4. The number of hydrogen-bond donors (Lipinski definition) is 1. The fourth-order valence-electron chi connectivity index (χ4n) is 3.36. The van der Waals surface area contributed by atoms with Crippen LogP contribution in [0.15, 0.2) is 48.5 Å². The van der Waals surface area contributed by atoms with Gasteiger partial charge >= 0.3 is 0 Å². The van der Waals surface area contributed by atoms with Gasteiger partial charge in [0.05, 0.1) is 0 Å². The first kappa shape index (κ1) is 16.9. The Morgan fingerprint density at radius 1 is 1.08 bits per heavy atom. The topological polar surface area (TPSA) is 31.4 Å². The molecule has 1 aromatic heterocycles. The first-order valence-corrected chi connectivity index (χ1v) is 8.87. The summed E-state index contributed by atoms with van der Waals surface area (Å²) in [7, 11) is 2.22. The highest BCUT2D eigenvalue weighted by molar-refractivity contribution is 5.34. The first-order valence-electron chi connectivity index (χ1n) is 8.87. The standard InChI is InChI=1S/C20H28N4/c1-17-8-6-11-20(22-17)21-12-7-13-24-15-14-23(2)16-19(24)18-9-4-3-5-10-18/h3-6,8-11,19H,7,12-16H2,1-2H3,(H,21,22). The molecule has 1 atom stereocenters. The number of nitrogens with zero attached hydrogens (tertiary/aromatic N) is 3. The quantitative estimate of drug-likeness (QED) is 0.827. The molecule has 2 heterocycles. The van der Waals surface area contributed by atoms with Crippen molar-refractivity contribution < 1.29 is 0 Å². The van der Waals surface area contributed by atoms with Gasteiger partial charge in [0, 0.05) is 44.5 Å². The van der Waals surface area contributed by atoms with E-state index in [4.69, 9.17) is 0 Å². The largest absolute Gasteiger partial charge is 0.370 e. The van der Waals surface area contributed by atoms with Gasteiger partial charge < -0.3 is 10.2 Å². The van der Waals surface area contributed by atoms with Crippen molar-refractivity contribution in [1.29, 1.82) is 0 Å². The predicted octanol–water partition coefficient (Wildman–Crippen LogP) is 3.18. The third-order valence-electron chi connectivity index (χ3n) is 4.70. The molecule has 128 valence electrons. The van der Waals surface area contributed by atoms with Crippen LogP contribution in [-0.4, -0.2) is 54.6 Å². The molecule has 1 aliphatic heterocycles. The van der Waals surface area contributed by atoms with E-state index in [0.29, 0.717) is 6.04 Å². The average molecular weight is 324 g/mol. The number of nitrogens with one attached hydrogen (secondary N) is 1. The molecule has 3 rings (SSSR count). The normalized spacial score (nSPS) is 19.3. The zero-order valence-corrected chi connectivity index (χ0v) is 14.8. The molecule has 1 aromatic carbocycles. The minimum Gasteiger partial charge on any atom is -0.370 e. The molecule has 1 unspecified atom stereocenters. The zero-order valence-electron chi connectivity index (χ0n) is 14.8. The number of rotatable bonds is 6. The Kier molecular flexibility index (Phi) is 5.83. The number of anilines is 1. The molecule has 0 radical (unpaired) electrons. The molecule has 0 aliphatic carbocycles. The Balaban J connectivity index is 1.53. The Morgan fingerprint density at radius 3 is 2.71 bits per heavy atom. The molecule has 4 heteroatoms. The van der Waals surface area contributed by atoms with Gasteiger partial charge in [-0.3, -0.25) is 4.90 Å². The molecule has 4 nitrogen and oxygen atoms in total. The lowest BCUT2D eigenvalue weighted by molar-refractivity contribution is 0.0896. The third kappa shape index (κ3) is 4.56. The molecule has 0 bridgehead atoms. The third-order valence-corrected chi connectivity index (χ3v) is 4.70. The van der Waals surface area contributed by atoms with Crippen LogP contribution in [0.2, 0.25) is 0 Å². The number of aromatic nitrogens is 1. The van der Waals surface area contributed by atoms with Crippen LogP contribution in [0, 0.1) is 6.92 Å². The fourth-order valence-corrected chi connectivity index (χ4v) is 3.36. The van der Waals surface area contributed by atoms with Gasteiger partial charge in [0.15, 0.2) is 0 Å². The number of aryl methyl sites for hydroxylation is 1. The summed E-state index contributed by atoms with van der Waals surface area (Å²) in [5, 5.41) is 3.44. The molecule has 2 aromatic rings. The lowest BCUT2D eigenvalue weighted by Gasteiger charge is -2.40. The van der Waals surface area contributed by atoms with Crippen LogP contribution < -0.4 is 5.32 Å². The van der Waals surface area contributed by atoms with Crippen LogP contribution >= 0.6 is 0 Å². The number of hydrogen-bond acceptors (Lipinski definition) is 4. The van der Waals surface area contributed by atoms with Crippen molar-refractivity contribution in [3.8, 4) is 0 Å². The number of piperazine rings is 1. The summed E-state index contributed by atoms with van der Waals surface area (Å²) in [5.74, 6) is 0.980. The lowest BCUT2D eigenvalue weighted by atomic mass is 10.0. The van der Waals surface area contributed by atoms with E-state index in [2.05, 4.69) is 63.5 Å². The highest BCUT2D eigenvalue weighted by atomic mass is 15.3. The highest BCUT2D eigenvalue weighted by Crippen LogP contribution is 2.24. The zero-order chi connectivity index (χ0) is 16.8. The van der Waals surface area contributed by atoms with Crippen molar-refractivity contribution in [3.63, 3.8) is 0 Å². The smallest absolute Gasteiger partial charge is 0.126 e. The molecule has 0 amide bonds. The second-order valence-corrected chi connectivity index (χ2v) is 6.67. The van der Waals surface area contributed by atoms with Gasteiger partial charge in [-0.2, -0.15) is 0 Å². The van der Waals surface area contributed by atoms with Gasteiger partial charge in [-0.25, -0.2) is 4.98 Å². The van der Waals surface area contributed by atoms with Crippen LogP contribution in [0.1, 0.15) is 23.7 Å². The number of pyridine rings is 1. The van der Waals surface area contributed by atoms with Gasteiger partial charge in [-0.1, -0.05) is 36.4 Å².